The number of thiazole rings is 1. The number of aliphatic carboxylic acids is 2. The Morgan fingerprint density at radius 3 is 2.52 bits per heavy atom. The van der Waals surface area contributed by atoms with Crippen molar-refractivity contribution in [1.82, 2.24) is 14.4 Å². The maximum absolute atomic E-state index is 11.3. The monoisotopic (exact) mass is 465 g/mol. The number of nitrogens with one attached hydrogen (secondary N) is 2. The average Bonchev–Trinajstić information content (AvgIpc) is 3.03. The van der Waals surface area contributed by atoms with Gasteiger partial charge in [-0.15, -0.1) is 11.3 Å². The van der Waals surface area contributed by atoms with E-state index in [0.717, 1.165) is 11.4 Å². The normalized spacial score (nSPS) is 14.8. The highest BCUT2D eigenvalue weighted by molar-refractivity contribution is 7.98. The second kappa shape index (κ2) is 12.0. The fraction of sp³-hybridized carbons (Fsp3) is 0.308. The van der Waals surface area contributed by atoms with Gasteiger partial charge in [0.2, 0.25) is 5.13 Å². The maximum Gasteiger partial charge on any atom is 0.328 e. The minimum absolute atomic E-state index is 0.0141. The van der Waals surface area contributed by atoms with Crippen LogP contribution in [-0.2, 0) is 25.6 Å². The van der Waals surface area contributed by atoms with E-state index in [1.807, 2.05) is 5.38 Å². The molecule has 0 fully saturated rings. The predicted molar refractivity (Wildman–Crippen MR) is 110 cm³/mol. The molecule has 0 bridgehead atoms. The van der Waals surface area contributed by atoms with Crippen LogP contribution in [0.4, 0.5) is 5.13 Å². The predicted octanol–water partition coefficient (Wildman–Crippen LogP) is -0.823. The number of aliphatic imine (C=N–C) groups is 2. The number of carboxylic acids is 2. The average molecular weight is 466 g/mol. The van der Waals surface area contributed by atoms with Crippen LogP contribution < -0.4 is 20.9 Å². The van der Waals surface area contributed by atoms with Crippen LogP contribution in [0.3, 0.4) is 0 Å². The van der Waals surface area contributed by atoms with E-state index in [-0.39, 0.29) is 12.6 Å². The zero-order valence-electron chi connectivity index (χ0n) is 14.8. The van der Waals surface area contributed by atoms with Crippen molar-refractivity contribution in [3.8, 4) is 0 Å². The van der Waals surface area contributed by atoms with Crippen molar-refractivity contribution < 1.29 is 28.2 Å². The third-order valence-electron chi connectivity index (χ3n) is 2.64. The number of amidine groups is 1. The first-order valence-corrected chi connectivity index (χ1v) is 11.2. The summed E-state index contributed by atoms with van der Waals surface area (Å²) in [7, 11) is -3.42. The molecule has 0 unspecified atom stereocenters. The number of hydrogen-bond donors (Lipinski definition) is 6. The van der Waals surface area contributed by atoms with Gasteiger partial charge in [0, 0.05) is 35.5 Å². The summed E-state index contributed by atoms with van der Waals surface area (Å²) in [6.45, 7) is 0.0866. The highest BCUT2D eigenvalue weighted by Gasteiger charge is 2.16. The summed E-state index contributed by atoms with van der Waals surface area (Å²) in [5.74, 6) is -0.619. The quantitative estimate of drug-likeness (QED) is 0.121. The Morgan fingerprint density at radius 1 is 1.31 bits per heavy atom. The second-order valence-corrected chi connectivity index (χ2v) is 8.42. The number of hydrogen-bond acceptors (Lipinski definition) is 9. The summed E-state index contributed by atoms with van der Waals surface area (Å²) >= 11 is 3.00. The molecular weight excluding hydrogens is 446 g/mol. The van der Waals surface area contributed by atoms with E-state index in [1.54, 1.807) is 11.8 Å². The summed E-state index contributed by atoms with van der Waals surface area (Å²) in [6.07, 6.45) is 1.67. The van der Waals surface area contributed by atoms with Crippen molar-refractivity contribution in [2.75, 3.05) is 12.4 Å². The molecule has 0 saturated heterocycles. The molecule has 1 aromatic heterocycles. The van der Waals surface area contributed by atoms with Crippen LogP contribution in [-0.4, -0.2) is 59.8 Å². The molecule has 0 amide bonds. The number of carbonyl (C=O) groups is 2. The Bertz CT molecular complexity index is 890. The largest absolute Gasteiger partial charge is 0.478 e. The first-order valence-electron chi connectivity index (χ1n) is 7.64. The van der Waals surface area contributed by atoms with Gasteiger partial charge in [0.25, 0.3) is 0 Å². The molecule has 1 aromatic rings. The van der Waals surface area contributed by atoms with E-state index >= 15 is 0 Å². The van der Waals surface area contributed by atoms with E-state index in [9.17, 15) is 18.0 Å². The molecule has 2 heterocycles. The van der Waals surface area contributed by atoms with Crippen LogP contribution in [0, 0.1) is 0 Å². The molecule has 0 radical (unpaired) electrons. The number of carboxylic acid groups (broad SMARTS) is 2. The lowest BCUT2D eigenvalue weighted by Crippen LogP contribution is -2.45. The van der Waals surface area contributed by atoms with Gasteiger partial charge in [-0.05, 0) is 0 Å². The summed E-state index contributed by atoms with van der Waals surface area (Å²) in [6, 6.07) is 0. The number of guanidine groups is 1. The summed E-state index contributed by atoms with van der Waals surface area (Å²) in [5, 5.41) is 18.0. The van der Waals surface area contributed by atoms with Crippen molar-refractivity contribution >= 4 is 62.2 Å². The van der Waals surface area contributed by atoms with Gasteiger partial charge in [-0.1, -0.05) is 0 Å². The summed E-state index contributed by atoms with van der Waals surface area (Å²) in [5.41, 5.74) is 11.4. The fourth-order valence-corrected chi connectivity index (χ4v) is 4.01. The number of rotatable bonds is 8. The highest BCUT2D eigenvalue weighted by Crippen LogP contribution is 2.22. The molecule has 2 rings (SSSR count). The van der Waals surface area contributed by atoms with Gasteiger partial charge in [0.15, 0.2) is 5.96 Å². The van der Waals surface area contributed by atoms with Gasteiger partial charge in [-0.3, -0.25) is 9.71 Å². The summed E-state index contributed by atoms with van der Waals surface area (Å²) in [4.78, 5) is 31.3. The standard InChI is InChI=1S/C9H15N7O2S3.C4H4O4/c10-8(11)15-9-14-6(4-20-9)3-19-2-1-7-12-5-13-21(17,18)16-7;5-3(6)1-2-4(7)8/h4,13H,1-3,5H2,(H,12,16)(H4,10,11,14,15);1-2H,(H,5,6)(H,7,8)/b;2-1-. The Balaban J connectivity index is 0.000000447. The zero-order valence-corrected chi connectivity index (χ0v) is 17.3. The minimum atomic E-state index is -3.42. The maximum atomic E-state index is 11.3. The lowest BCUT2D eigenvalue weighted by Gasteiger charge is -2.15. The molecule has 0 spiro atoms. The van der Waals surface area contributed by atoms with Crippen LogP contribution in [0.5, 0.6) is 0 Å². The number of thioether (sulfide) groups is 1. The number of aromatic nitrogens is 1. The van der Waals surface area contributed by atoms with Gasteiger partial charge in [-0.2, -0.15) is 29.9 Å². The van der Waals surface area contributed by atoms with Crippen molar-refractivity contribution in [3.63, 3.8) is 0 Å². The van der Waals surface area contributed by atoms with E-state index in [2.05, 4.69) is 24.4 Å². The summed E-state index contributed by atoms with van der Waals surface area (Å²) < 4.78 is 27.1. The molecule has 1 aliphatic heterocycles. The Hall–Kier alpha value is -2.69. The molecule has 0 aliphatic carbocycles. The lowest BCUT2D eigenvalue weighted by molar-refractivity contribution is -0.134. The van der Waals surface area contributed by atoms with Crippen LogP contribution in [0.1, 0.15) is 12.1 Å². The van der Waals surface area contributed by atoms with E-state index in [0.29, 0.717) is 35.3 Å². The fourth-order valence-electron chi connectivity index (χ4n) is 1.58. The van der Waals surface area contributed by atoms with Gasteiger partial charge in [0.1, 0.15) is 12.5 Å². The molecule has 8 N–H and O–H groups in total. The molecule has 29 heavy (non-hydrogen) atoms. The van der Waals surface area contributed by atoms with Crippen molar-refractivity contribution in [2.24, 2.45) is 21.5 Å². The molecular formula is C13H19N7O6S3. The van der Waals surface area contributed by atoms with Crippen molar-refractivity contribution in [1.29, 1.82) is 0 Å². The highest BCUT2D eigenvalue weighted by atomic mass is 32.2. The third kappa shape index (κ3) is 11.7. The van der Waals surface area contributed by atoms with Crippen LogP contribution in [0.2, 0.25) is 0 Å². The molecule has 0 atom stereocenters. The van der Waals surface area contributed by atoms with Crippen molar-refractivity contribution in [2.45, 2.75) is 12.2 Å². The van der Waals surface area contributed by atoms with Crippen LogP contribution >= 0.6 is 23.1 Å². The van der Waals surface area contributed by atoms with E-state index in [1.165, 1.54) is 11.3 Å². The molecule has 160 valence electrons. The lowest BCUT2D eigenvalue weighted by atomic mass is 10.4. The Kier molecular flexibility index (Phi) is 10.1. The van der Waals surface area contributed by atoms with Crippen LogP contribution in [0.15, 0.2) is 27.5 Å². The van der Waals surface area contributed by atoms with Gasteiger partial charge < -0.3 is 21.7 Å². The zero-order chi connectivity index (χ0) is 21.9. The van der Waals surface area contributed by atoms with E-state index < -0.39 is 22.1 Å². The van der Waals surface area contributed by atoms with Gasteiger partial charge >= 0.3 is 22.1 Å². The number of nitrogens with two attached hydrogens (primary N) is 2. The first kappa shape index (κ1) is 24.3. The van der Waals surface area contributed by atoms with Gasteiger partial charge in [-0.25, -0.2) is 14.6 Å². The molecule has 13 nitrogen and oxygen atoms in total. The van der Waals surface area contributed by atoms with Crippen LogP contribution in [0.25, 0.3) is 0 Å². The molecule has 1 aliphatic rings. The minimum Gasteiger partial charge on any atom is -0.478 e. The number of nitrogens with zero attached hydrogens (tertiary/aromatic N) is 3. The molecule has 16 heteroatoms. The first-order chi connectivity index (χ1) is 13.6. The molecule has 0 saturated carbocycles. The SMILES string of the molecule is NC(N)=Nc1nc(CSCCC2=NCNS(=O)(=O)N2)cs1.O=C(O)/C=C\C(=O)O. The van der Waals surface area contributed by atoms with Crippen molar-refractivity contribution in [3.05, 3.63) is 23.2 Å². The third-order valence-corrected chi connectivity index (χ3v) is 5.43. The topological polar surface area (TPSA) is 222 Å². The second-order valence-electron chi connectivity index (χ2n) is 4.98. The molecule has 0 aromatic carbocycles. The smallest absolute Gasteiger partial charge is 0.328 e. The Morgan fingerprint density at radius 2 is 1.97 bits per heavy atom. The van der Waals surface area contributed by atoms with E-state index in [4.69, 9.17) is 21.7 Å². The Labute approximate surface area is 174 Å². The van der Waals surface area contributed by atoms with Gasteiger partial charge in [0.05, 0.1) is 5.69 Å².